The number of nitrogens with zero attached hydrogens (tertiary/aromatic N) is 1. The van der Waals surface area contributed by atoms with Crippen LogP contribution in [-0.2, 0) is 9.47 Å². The second kappa shape index (κ2) is 5.25. The zero-order valence-corrected chi connectivity index (χ0v) is 9.52. The Morgan fingerprint density at radius 3 is 3.00 bits per heavy atom. The van der Waals surface area contributed by atoms with E-state index < -0.39 is 0 Å². The second-order valence-electron chi connectivity index (χ2n) is 4.73. The minimum absolute atomic E-state index is 0.262. The molecular weight excluding hydrogens is 192 g/mol. The first-order valence-corrected chi connectivity index (χ1v) is 5.93. The molecule has 0 amide bonds. The Kier molecular flexibility index (Phi) is 3.97. The maximum Gasteiger partial charge on any atom is 0.0674 e. The molecular formula is C11H22N2O2. The molecule has 2 rings (SSSR count). The molecule has 0 aromatic heterocycles. The van der Waals surface area contributed by atoms with Gasteiger partial charge in [0.15, 0.2) is 0 Å². The highest BCUT2D eigenvalue weighted by Crippen LogP contribution is 2.17. The van der Waals surface area contributed by atoms with Crippen LogP contribution in [-0.4, -0.2) is 56.5 Å². The molecule has 0 saturated carbocycles. The van der Waals surface area contributed by atoms with Gasteiger partial charge in [-0.05, 0) is 13.3 Å². The summed E-state index contributed by atoms with van der Waals surface area (Å²) in [6.07, 6.45) is 1.48. The molecule has 4 nitrogen and oxygen atoms in total. The van der Waals surface area contributed by atoms with Crippen molar-refractivity contribution in [2.75, 3.05) is 39.5 Å². The minimum atomic E-state index is 0.262. The van der Waals surface area contributed by atoms with Crippen molar-refractivity contribution in [3.05, 3.63) is 0 Å². The molecule has 4 heteroatoms. The van der Waals surface area contributed by atoms with Crippen LogP contribution in [0.4, 0.5) is 0 Å². The van der Waals surface area contributed by atoms with Crippen molar-refractivity contribution < 1.29 is 9.47 Å². The molecule has 88 valence electrons. The number of hydrogen-bond donors (Lipinski definition) is 1. The quantitative estimate of drug-likeness (QED) is 0.722. The maximum absolute atomic E-state index is 6.19. The van der Waals surface area contributed by atoms with Gasteiger partial charge in [0.1, 0.15) is 0 Å². The van der Waals surface area contributed by atoms with Gasteiger partial charge in [0.05, 0.1) is 19.3 Å². The predicted molar refractivity (Wildman–Crippen MR) is 58.8 cm³/mol. The Morgan fingerprint density at radius 1 is 1.47 bits per heavy atom. The number of ether oxygens (including phenoxy) is 2. The third-order valence-electron chi connectivity index (χ3n) is 3.36. The average Bonchev–Trinajstić information content (AvgIpc) is 2.70. The number of hydrogen-bond acceptors (Lipinski definition) is 4. The topological polar surface area (TPSA) is 47.7 Å². The van der Waals surface area contributed by atoms with Crippen LogP contribution in [0.2, 0.25) is 0 Å². The van der Waals surface area contributed by atoms with Crippen LogP contribution < -0.4 is 5.73 Å². The summed E-state index contributed by atoms with van der Waals surface area (Å²) in [4.78, 5) is 2.41. The summed E-state index contributed by atoms with van der Waals surface area (Å²) in [6.45, 7) is 7.72. The van der Waals surface area contributed by atoms with Crippen LogP contribution in [0.3, 0.4) is 0 Å². The van der Waals surface area contributed by atoms with Gasteiger partial charge in [-0.3, -0.25) is 4.90 Å². The predicted octanol–water partition coefficient (Wildman–Crippen LogP) is 0.0709. The normalized spacial score (nSPS) is 35.6. The second-order valence-corrected chi connectivity index (χ2v) is 4.73. The lowest BCUT2D eigenvalue weighted by Crippen LogP contribution is -2.48. The molecule has 0 spiro atoms. The van der Waals surface area contributed by atoms with E-state index in [1.807, 2.05) is 0 Å². The van der Waals surface area contributed by atoms with Crippen molar-refractivity contribution in [2.45, 2.75) is 25.5 Å². The zero-order chi connectivity index (χ0) is 10.7. The highest BCUT2D eigenvalue weighted by atomic mass is 16.5. The fourth-order valence-corrected chi connectivity index (χ4v) is 2.39. The molecule has 0 aliphatic carbocycles. The van der Waals surface area contributed by atoms with E-state index >= 15 is 0 Å². The third kappa shape index (κ3) is 3.14. The van der Waals surface area contributed by atoms with Crippen LogP contribution in [0.15, 0.2) is 0 Å². The van der Waals surface area contributed by atoms with Crippen molar-refractivity contribution in [3.63, 3.8) is 0 Å². The zero-order valence-electron chi connectivity index (χ0n) is 9.52. The molecule has 2 heterocycles. The van der Waals surface area contributed by atoms with Gasteiger partial charge in [-0.15, -0.1) is 0 Å². The van der Waals surface area contributed by atoms with Gasteiger partial charge in [-0.2, -0.15) is 0 Å². The van der Waals surface area contributed by atoms with Gasteiger partial charge in [0.25, 0.3) is 0 Å². The van der Waals surface area contributed by atoms with E-state index in [9.17, 15) is 0 Å². The van der Waals surface area contributed by atoms with Crippen LogP contribution >= 0.6 is 0 Å². The summed E-state index contributed by atoms with van der Waals surface area (Å²) in [7, 11) is 0. The highest BCUT2D eigenvalue weighted by molar-refractivity contribution is 4.81. The lowest BCUT2D eigenvalue weighted by atomic mass is 9.99. The summed E-state index contributed by atoms with van der Waals surface area (Å²) >= 11 is 0. The van der Waals surface area contributed by atoms with Crippen molar-refractivity contribution >= 4 is 0 Å². The Hall–Kier alpha value is -0.160. The van der Waals surface area contributed by atoms with Gasteiger partial charge in [0, 0.05) is 38.2 Å². The summed E-state index contributed by atoms with van der Waals surface area (Å²) in [5.74, 6) is 0.558. The van der Waals surface area contributed by atoms with Crippen molar-refractivity contribution in [1.29, 1.82) is 0 Å². The number of nitrogens with two attached hydrogens (primary N) is 1. The van der Waals surface area contributed by atoms with Crippen molar-refractivity contribution in [2.24, 2.45) is 11.7 Å². The Labute approximate surface area is 91.7 Å². The van der Waals surface area contributed by atoms with E-state index in [-0.39, 0.29) is 6.04 Å². The molecule has 15 heavy (non-hydrogen) atoms. The van der Waals surface area contributed by atoms with E-state index in [1.54, 1.807) is 0 Å². The van der Waals surface area contributed by atoms with Crippen LogP contribution in [0.5, 0.6) is 0 Å². The van der Waals surface area contributed by atoms with Crippen LogP contribution in [0.25, 0.3) is 0 Å². The Balaban J connectivity index is 1.74. The van der Waals surface area contributed by atoms with Gasteiger partial charge >= 0.3 is 0 Å². The van der Waals surface area contributed by atoms with Crippen molar-refractivity contribution in [1.82, 2.24) is 4.90 Å². The largest absolute Gasteiger partial charge is 0.381 e. The fraction of sp³-hybridized carbons (Fsp3) is 1.00. The first-order chi connectivity index (χ1) is 7.25. The average molecular weight is 214 g/mol. The molecule has 3 unspecified atom stereocenters. The molecule has 2 saturated heterocycles. The molecule has 2 N–H and O–H groups in total. The molecule has 2 aliphatic rings. The summed E-state index contributed by atoms with van der Waals surface area (Å²) in [5, 5.41) is 0. The monoisotopic (exact) mass is 214 g/mol. The first-order valence-electron chi connectivity index (χ1n) is 5.93. The van der Waals surface area contributed by atoms with E-state index in [4.69, 9.17) is 15.2 Å². The minimum Gasteiger partial charge on any atom is -0.381 e. The molecule has 0 aromatic rings. The summed E-state index contributed by atoms with van der Waals surface area (Å²) in [6, 6.07) is 0.262. The molecule has 3 atom stereocenters. The number of morpholine rings is 1. The Morgan fingerprint density at radius 2 is 2.33 bits per heavy atom. The van der Waals surface area contributed by atoms with Gasteiger partial charge in [-0.25, -0.2) is 0 Å². The van der Waals surface area contributed by atoms with Gasteiger partial charge in [0.2, 0.25) is 0 Å². The highest BCUT2D eigenvalue weighted by Gasteiger charge is 2.26. The molecule has 0 radical (unpaired) electrons. The summed E-state index contributed by atoms with van der Waals surface area (Å²) in [5.41, 5.74) is 6.19. The molecule has 0 aromatic carbocycles. The van der Waals surface area contributed by atoms with Crippen molar-refractivity contribution in [3.8, 4) is 0 Å². The van der Waals surface area contributed by atoms with E-state index in [1.165, 1.54) is 0 Å². The van der Waals surface area contributed by atoms with Gasteiger partial charge < -0.3 is 15.2 Å². The summed E-state index contributed by atoms with van der Waals surface area (Å²) < 4.78 is 10.9. The Bertz CT molecular complexity index is 195. The van der Waals surface area contributed by atoms with Crippen LogP contribution in [0.1, 0.15) is 13.3 Å². The first kappa shape index (κ1) is 11.3. The standard InChI is InChI=1S/C11H22N2O2/c1-9-6-13(3-5-15-9)7-11(12)10-2-4-14-8-10/h9-11H,2-8,12H2,1H3. The van der Waals surface area contributed by atoms with Crippen LogP contribution in [0, 0.1) is 5.92 Å². The number of rotatable bonds is 3. The lowest BCUT2D eigenvalue weighted by molar-refractivity contribution is -0.0216. The molecule has 2 fully saturated rings. The molecule has 2 aliphatic heterocycles. The van der Waals surface area contributed by atoms with Gasteiger partial charge in [-0.1, -0.05) is 0 Å². The smallest absolute Gasteiger partial charge is 0.0674 e. The van der Waals surface area contributed by atoms with E-state index in [0.717, 1.165) is 45.9 Å². The van der Waals surface area contributed by atoms with E-state index in [0.29, 0.717) is 12.0 Å². The lowest BCUT2D eigenvalue weighted by Gasteiger charge is -2.33. The fourth-order valence-electron chi connectivity index (χ4n) is 2.39. The SMILES string of the molecule is CC1CN(CC(N)C2CCOC2)CCO1. The molecule has 0 bridgehead atoms. The third-order valence-corrected chi connectivity index (χ3v) is 3.36. The maximum atomic E-state index is 6.19. The van der Waals surface area contributed by atoms with E-state index in [2.05, 4.69) is 11.8 Å².